The Morgan fingerprint density at radius 1 is 0.674 bits per heavy atom. The summed E-state index contributed by atoms with van der Waals surface area (Å²) in [4.78, 5) is 53.5. The minimum Gasteiger partial charge on any atom is -0.466 e. The van der Waals surface area contributed by atoms with E-state index in [0.717, 1.165) is 20.9 Å². The second-order valence-corrected chi connectivity index (χ2v) is 12.1. The van der Waals surface area contributed by atoms with E-state index in [4.69, 9.17) is 18.9 Å². The van der Waals surface area contributed by atoms with Crippen molar-refractivity contribution in [2.75, 3.05) is 37.1 Å². The molecule has 2 aliphatic rings. The van der Waals surface area contributed by atoms with Crippen molar-refractivity contribution in [2.45, 2.75) is 87.1 Å². The summed E-state index contributed by atoms with van der Waals surface area (Å²) in [6.07, 6.45) is 0.382. The third-order valence-corrected chi connectivity index (χ3v) is 8.65. The van der Waals surface area contributed by atoms with E-state index in [1.165, 1.54) is 11.8 Å². The van der Waals surface area contributed by atoms with Crippen LogP contribution < -0.4 is 10.6 Å². The first-order valence-corrected chi connectivity index (χ1v) is 15.5. The van der Waals surface area contributed by atoms with E-state index in [2.05, 4.69) is 10.6 Å². The second kappa shape index (κ2) is 13.3. The zero-order chi connectivity index (χ0) is 31.4. The Bertz CT molecular complexity index is 1290. The summed E-state index contributed by atoms with van der Waals surface area (Å²) in [6, 6.07) is 11.4. The summed E-state index contributed by atoms with van der Waals surface area (Å²) >= 11 is 1.47. The van der Waals surface area contributed by atoms with E-state index in [0.29, 0.717) is 11.4 Å². The van der Waals surface area contributed by atoms with Crippen LogP contribution in [-0.4, -0.2) is 61.4 Å². The minimum absolute atomic E-state index is 0.191. The summed E-state index contributed by atoms with van der Waals surface area (Å²) in [5.74, 6) is -2.97. The average Bonchev–Trinajstić information content (AvgIpc) is 2.97. The van der Waals surface area contributed by atoms with E-state index in [9.17, 15) is 19.2 Å². The molecule has 2 aromatic carbocycles. The minimum atomic E-state index is -1.08. The van der Waals surface area contributed by atoms with Gasteiger partial charge in [0.2, 0.25) is 0 Å². The molecule has 0 spiro atoms. The van der Waals surface area contributed by atoms with Crippen molar-refractivity contribution in [3.05, 3.63) is 47.5 Å². The Morgan fingerprint density at radius 2 is 1.05 bits per heavy atom. The van der Waals surface area contributed by atoms with Gasteiger partial charge in [-0.25, -0.2) is 9.59 Å². The molecule has 0 saturated carbocycles. The summed E-state index contributed by atoms with van der Waals surface area (Å²) in [7, 11) is 0. The number of carbonyl (C=O) groups excluding carboxylic acids is 4. The Balaban J connectivity index is 1.67. The normalized spacial score (nSPS) is 23.9. The zero-order valence-corrected chi connectivity index (χ0v) is 26.4. The van der Waals surface area contributed by atoms with E-state index in [-0.39, 0.29) is 39.3 Å². The van der Waals surface area contributed by atoms with Crippen molar-refractivity contribution in [1.82, 2.24) is 0 Å². The number of anilines is 2. The fourth-order valence-corrected chi connectivity index (χ4v) is 6.55. The molecule has 0 aromatic heterocycles. The molecule has 4 rings (SSSR count). The van der Waals surface area contributed by atoms with Gasteiger partial charge in [-0.3, -0.25) is 9.59 Å². The third-order valence-electron chi connectivity index (χ3n) is 7.67. The molecule has 232 valence electrons. The Labute approximate surface area is 256 Å². The van der Waals surface area contributed by atoms with Gasteiger partial charge < -0.3 is 29.6 Å². The maximum atomic E-state index is 13.1. The van der Waals surface area contributed by atoms with Gasteiger partial charge in [0.25, 0.3) is 0 Å². The number of rotatable bonds is 10. The molecule has 43 heavy (non-hydrogen) atoms. The number of hydrogen-bond donors (Lipinski definition) is 2. The van der Waals surface area contributed by atoms with E-state index >= 15 is 0 Å². The lowest BCUT2D eigenvalue weighted by molar-refractivity contribution is -0.152. The van der Waals surface area contributed by atoms with E-state index < -0.39 is 46.8 Å². The maximum absolute atomic E-state index is 13.1. The summed E-state index contributed by atoms with van der Waals surface area (Å²) < 4.78 is 21.4. The first-order chi connectivity index (χ1) is 20.5. The summed E-state index contributed by atoms with van der Waals surface area (Å²) in [5, 5.41) is 6.57. The highest BCUT2D eigenvalue weighted by atomic mass is 32.2. The van der Waals surface area contributed by atoms with Crippen LogP contribution in [0, 0.1) is 0 Å². The Morgan fingerprint density at radius 3 is 1.40 bits per heavy atom. The lowest BCUT2D eigenvalue weighted by atomic mass is 9.79. The highest BCUT2D eigenvalue weighted by molar-refractivity contribution is 7.99. The third kappa shape index (κ3) is 6.76. The van der Waals surface area contributed by atoms with Crippen molar-refractivity contribution in [1.29, 1.82) is 0 Å². The number of nitrogens with one attached hydrogen (secondary N) is 2. The molecule has 2 aromatic rings. The van der Waals surface area contributed by atoms with Crippen molar-refractivity contribution in [3.8, 4) is 0 Å². The number of hydrogen-bond acceptors (Lipinski definition) is 11. The van der Waals surface area contributed by atoms with Crippen LogP contribution in [0.1, 0.15) is 77.3 Å². The van der Waals surface area contributed by atoms with E-state index in [1.807, 2.05) is 36.4 Å². The van der Waals surface area contributed by atoms with Crippen LogP contribution in [0.2, 0.25) is 0 Å². The largest absolute Gasteiger partial charge is 0.466 e. The standard InChI is InChI=1S/C32H40N2O8S/c1-7-39-27(35)23-17-31(5,29(37)41-9-3)33-25-13-11-19(15-21(23)25)43-20-12-14-26-22(16-20)24(28(36)40-8-2)18-32(6,34-26)30(38)42-10-4/h11-16,23-24,33-34H,7-10,17-18H2,1-6H3. The highest BCUT2D eigenvalue weighted by Crippen LogP contribution is 2.45. The highest BCUT2D eigenvalue weighted by Gasteiger charge is 2.46. The number of carbonyl (C=O) groups is 4. The molecule has 2 N–H and O–H groups in total. The lowest BCUT2D eigenvalue weighted by Gasteiger charge is -2.38. The fraction of sp³-hybridized carbons (Fsp3) is 0.500. The average molecular weight is 613 g/mol. The van der Waals surface area contributed by atoms with Crippen molar-refractivity contribution >= 4 is 47.0 Å². The fourth-order valence-electron chi connectivity index (χ4n) is 5.64. The van der Waals surface area contributed by atoms with Gasteiger partial charge in [0.05, 0.1) is 38.3 Å². The molecule has 0 radical (unpaired) electrons. The first kappa shape index (κ1) is 32.2. The molecule has 4 unspecified atom stereocenters. The van der Waals surface area contributed by atoms with Crippen LogP contribution in [0.15, 0.2) is 46.2 Å². The van der Waals surface area contributed by atoms with Gasteiger partial charge in [0, 0.05) is 21.2 Å². The van der Waals surface area contributed by atoms with Gasteiger partial charge in [-0.2, -0.15) is 0 Å². The van der Waals surface area contributed by atoms with Gasteiger partial charge in [-0.15, -0.1) is 0 Å². The van der Waals surface area contributed by atoms with Crippen LogP contribution in [0.5, 0.6) is 0 Å². The van der Waals surface area contributed by atoms with Crippen LogP contribution in [-0.2, 0) is 38.1 Å². The molecule has 0 aliphatic carbocycles. The van der Waals surface area contributed by atoms with Crippen LogP contribution in [0.25, 0.3) is 0 Å². The van der Waals surface area contributed by atoms with Gasteiger partial charge in [-0.05, 0) is 102 Å². The molecular formula is C32H40N2O8S. The van der Waals surface area contributed by atoms with Crippen LogP contribution in [0.4, 0.5) is 11.4 Å². The van der Waals surface area contributed by atoms with Crippen molar-refractivity contribution < 1.29 is 38.1 Å². The molecule has 11 heteroatoms. The molecule has 0 saturated heterocycles. The van der Waals surface area contributed by atoms with E-state index in [1.54, 1.807) is 41.5 Å². The zero-order valence-electron chi connectivity index (χ0n) is 25.5. The van der Waals surface area contributed by atoms with Crippen molar-refractivity contribution in [2.24, 2.45) is 0 Å². The second-order valence-electron chi connectivity index (χ2n) is 11.0. The van der Waals surface area contributed by atoms with Crippen molar-refractivity contribution in [3.63, 3.8) is 0 Å². The quantitative estimate of drug-likeness (QED) is 0.264. The van der Waals surface area contributed by atoms with Gasteiger partial charge in [-0.1, -0.05) is 11.8 Å². The first-order valence-electron chi connectivity index (χ1n) is 14.7. The molecule has 2 aliphatic heterocycles. The molecule has 0 amide bonds. The number of esters is 4. The lowest BCUT2D eigenvalue weighted by Crippen LogP contribution is -2.49. The number of fused-ring (bicyclic) bond motifs is 2. The number of ether oxygens (including phenoxy) is 4. The summed E-state index contributed by atoms with van der Waals surface area (Å²) in [6.45, 7) is 11.4. The molecule has 0 fully saturated rings. The molecule has 2 heterocycles. The topological polar surface area (TPSA) is 129 Å². The predicted octanol–water partition coefficient (Wildman–Crippen LogP) is 5.41. The van der Waals surface area contributed by atoms with Gasteiger partial charge in [0.1, 0.15) is 11.1 Å². The number of benzene rings is 2. The molecule has 4 atom stereocenters. The molecule has 10 nitrogen and oxygen atoms in total. The smallest absolute Gasteiger partial charge is 0.331 e. The van der Waals surface area contributed by atoms with Crippen LogP contribution >= 0.6 is 11.8 Å². The monoisotopic (exact) mass is 612 g/mol. The molecule has 0 bridgehead atoms. The Hall–Kier alpha value is -3.73. The van der Waals surface area contributed by atoms with Gasteiger partial charge >= 0.3 is 23.9 Å². The summed E-state index contributed by atoms with van der Waals surface area (Å²) in [5.41, 5.74) is 0.638. The molecular weight excluding hydrogens is 572 g/mol. The predicted molar refractivity (Wildman–Crippen MR) is 162 cm³/mol. The SMILES string of the molecule is CCOC(=O)C1CC(C)(C(=O)OCC)Nc2ccc(Sc3ccc4c(c3)C(C(=O)OCC)CC(C)(C(=O)OCC)N4)cc21. The van der Waals surface area contributed by atoms with Crippen LogP contribution in [0.3, 0.4) is 0 Å². The maximum Gasteiger partial charge on any atom is 0.331 e. The Kier molecular flexibility index (Phi) is 9.94. The van der Waals surface area contributed by atoms with Gasteiger partial charge in [0.15, 0.2) is 0 Å².